The Balaban J connectivity index is 2.46. The quantitative estimate of drug-likeness (QED) is 0.533. The van der Waals surface area contributed by atoms with Crippen LogP contribution in [0, 0.1) is 0 Å². The maximum absolute atomic E-state index is 11.3. The molecular weight excluding hydrogens is 212 g/mol. The van der Waals surface area contributed by atoms with Gasteiger partial charge in [0, 0.05) is 0 Å². The summed E-state index contributed by atoms with van der Waals surface area (Å²) in [5, 5.41) is 7.43. The van der Waals surface area contributed by atoms with E-state index in [1.165, 1.54) is 0 Å². The molecule has 0 saturated carbocycles. The van der Waals surface area contributed by atoms with Crippen LogP contribution < -0.4 is 0 Å². The molecule has 6 heteroatoms. The molecule has 0 bridgehead atoms. The number of aliphatic hydroxyl groups excluding tert-OH is 1. The van der Waals surface area contributed by atoms with Crippen molar-refractivity contribution in [3.63, 3.8) is 0 Å². The van der Waals surface area contributed by atoms with Crippen molar-refractivity contribution in [1.82, 2.24) is 0 Å². The monoisotopic (exact) mass is 224 g/mol. The van der Waals surface area contributed by atoms with E-state index in [2.05, 4.69) is 4.74 Å². The Hall–Kier alpha value is -0.360. The Kier molecular flexibility index (Phi) is 4.12. The van der Waals surface area contributed by atoms with E-state index in [0.29, 0.717) is 13.2 Å². The molecule has 0 aliphatic carbocycles. The van der Waals surface area contributed by atoms with E-state index in [9.17, 15) is 4.79 Å². The van der Waals surface area contributed by atoms with Gasteiger partial charge in [0.1, 0.15) is 6.61 Å². The first-order valence-electron chi connectivity index (χ1n) is 4.29. The molecule has 1 saturated heterocycles. The second-order valence-corrected chi connectivity index (χ2v) is 3.40. The number of aliphatic hydroxyl groups is 1. The van der Waals surface area contributed by atoms with Crippen LogP contribution in [0.25, 0.3) is 0 Å². The van der Waals surface area contributed by atoms with Crippen molar-refractivity contribution >= 4 is 17.6 Å². The van der Waals surface area contributed by atoms with E-state index in [1.54, 1.807) is 6.92 Å². The van der Waals surface area contributed by atoms with Crippen molar-refractivity contribution in [2.24, 2.45) is 0 Å². The van der Waals surface area contributed by atoms with Crippen molar-refractivity contribution in [2.45, 2.75) is 18.1 Å². The Morgan fingerprint density at radius 2 is 2.21 bits per heavy atom. The van der Waals surface area contributed by atoms with Crippen LogP contribution in [0.4, 0.5) is 0 Å². The minimum absolute atomic E-state index is 0.0713. The molecule has 14 heavy (non-hydrogen) atoms. The van der Waals surface area contributed by atoms with Gasteiger partial charge in [0.2, 0.25) is 0 Å². The van der Waals surface area contributed by atoms with Crippen molar-refractivity contribution in [1.29, 1.82) is 0 Å². The van der Waals surface area contributed by atoms with E-state index in [0.717, 1.165) is 0 Å². The second kappa shape index (κ2) is 4.93. The van der Waals surface area contributed by atoms with Crippen LogP contribution in [0.15, 0.2) is 0 Å². The summed E-state index contributed by atoms with van der Waals surface area (Å²) in [6, 6.07) is 0. The zero-order chi connectivity index (χ0) is 10.6. The van der Waals surface area contributed by atoms with Crippen LogP contribution in [0.1, 0.15) is 6.92 Å². The normalized spacial score (nSPS) is 21.9. The predicted octanol–water partition coefficient (Wildman–Crippen LogP) is -0.108. The summed E-state index contributed by atoms with van der Waals surface area (Å²) in [4.78, 5) is 11.3. The lowest BCUT2D eigenvalue weighted by molar-refractivity contribution is -0.173. The zero-order valence-electron chi connectivity index (χ0n) is 7.86. The lowest BCUT2D eigenvalue weighted by atomic mass is 10.2. The van der Waals surface area contributed by atoms with E-state index < -0.39 is 17.1 Å². The number of esters is 1. The van der Waals surface area contributed by atoms with Crippen LogP contribution in [-0.2, 0) is 19.0 Å². The SMILES string of the molecule is CC1(C(Cl)C(=O)OCCO)OCCO1. The third kappa shape index (κ3) is 2.57. The van der Waals surface area contributed by atoms with E-state index in [4.69, 9.17) is 26.2 Å². The highest BCUT2D eigenvalue weighted by Crippen LogP contribution is 2.27. The topological polar surface area (TPSA) is 65.0 Å². The lowest BCUT2D eigenvalue weighted by Gasteiger charge is -2.25. The van der Waals surface area contributed by atoms with Gasteiger partial charge in [-0.1, -0.05) is 0 Å². The molecule has 1 atom stereocenters. The number of ether oxygens (including phenoxy) is 3. The minimum atomic E-state index is -1.12. The number of hydrogen-bond acceptors (Lipinski definition) is 5. The molecule has 1 fully saturated rings. The Bertz CT molecular complexity index is 202. The molecule has 0 radical (unpaired) electrons. The van der Waals surface area contributed by atoms with Gasteiger partial charge in [0.25, 0.3) is 0 Å². The van der Waals surface area contributed by atoms with E-state index >= 15 is 0 Å². The molecule has 0 spiro atoms. The van der Waals surface area contributed by atoms with Crippen molar-refractivity contribution in [2.75, 3.05) is 26.4 Å². The van der Waals surface area contributed by atoms with Crippen molar-refractivity contribution in [3.05, 3.63) is 0 Å². The zero-order valence-corrected chi connectivity index (χ0v) is 8.62. The molecule has 1 aliphatic heterocycles. The van der Waals surface area contributed by atoms with Gasteiger partial charge < -0.3 is 19.3 Å². The lowest BCUT2D eigenvalue weighted by Crippen LogP contribution is -2.43. The van der Waals surface area contributed by atoms with Crippen LogP contribution >= 0.6 is 11.6 Å². The highest BCUT2D eigenvalue weighted by Gasteiger charge is 2.44. The number of carbonyl (C=O) groups excluding carboxylic acids is 1. The summed E-state index contributed by atoms with van der Waals surface area (Å²) < 4.78 is 15.0. The number of hydrogen-bond donors (Lipinski definition) is 1. The molecule has 1 aliphatic rings. The van der Waals surface area contributed by atoms with E-state index in [-0.39, 0.29) is 13.2 Å². The molecule has 1 rings (SSSR count). The molecule has 0 aromatic rings. The molecule has 0 amide bonds. The van der Waals surface area contributed by atoms with Crippen LogP contribution in [0.5, 0.6) is 0 Å². The van der Waals surface area contributed by atoms with Gasteiger partial charge >= 0.3 is 5.97 Å². The van der Waals surface area contributed by atoms with Crippen molar-refractivity contribution in [3.8, 4) is 0 Å². The maximum atomic E-state index is 11.3. The fraction of sp³-hybridized carbons (Fsp3) is 0.875. The van der Waals surface area contributed by atoms with Crippen LogP contribution in [0.3, 0.4) is 0 Å². The first-order chi connectivity index (χ1) is 6.60. The Labute approximate surface area is 86.9 Å². The van der Waals surface area contributed by atoms with Gasteiger partial charge in [-0.2, -0.15) is 0 Å². The van der Waals surface area contributed by atoms with Gasteiger partial charge in [0.05, 0.1) is 19.8 Å². The fourth-order valence-corrected chi connectivity index (χ4v) is 1.30. The van der Waals surface area contributed by atoms with Crippen molar-refractivity contribution < 1.29 is 24.1 Å². The molecule has 5 nitrogen and oxygen atoms in total. The summed E-state index contributed by atoms with van der Waals surface area (Å²) >= 11 is 5.81. The molecule has 1 N–H and O–H groups in total. The minimum Gasteiger partial charge on any atom is -0.462 e. The molecule has 82 valence electrons. The summed E-state index contributed by atoms with van der Waals surface area (Å²) in [7, 11) is 0. The second-order valence-electron chi connectivity index (χ2n) is 2.97. The van der Waals surface area contributed by atoms with Gasteiger partial charge in [0.15, 0.2) is 11.2 Å². The Morgan fingerprint density at radius 1 is 1.64 bits per heavy atom. The number of carbonyl (C=O) groups is 1. The van der Waals surface area contributed by atoms with Gasteiger partial charge in [-0.15, -0.1) is 11.6 Å². The standard InChI is InChI=1S/C8H13ClO5/c1-8(13-4-5-14-8)6(9)7(11)12-3-2-10/h6,10H,2-5H2,1H3. The Morgan fingerprint density at radius 3 is 2.71 bits per heavy atom. The highest BCUT2D eigenvalue weighted by atomic mass is 35.5. The largest absolute Gasteiger partial charge is 0.462 e. The summed E-state index contributed by atoms with van der Waals surface area (Å²) in [5.41, 5.74) is 0. The van der Waals surface area contributed by atoms with E-state index in [1.807, 2.05) is 0 Å². The van der Waals surface area contributed by atoms with Gasteiger partial charge in [-0.3, -0.25) is 4.79 Å². The number of rotatable bonds is 4. The number of halogens is 1. The third-order valence-corrected chi connectivity index (χ3v) is 2.44. The average Bonchev–Trinajstić information content (AvgIpc) is 2.61. The van der Waals surface area contributed by atoms with Gasteiger partial charge in [-0.25, -0.2) is 0 Å². The first-order valence-corrected chi connectivity index (χ1v) is 4.73. The fourth-order valence-electron chi connectivity index (χ4n) is 1.11. The molecule has 1 heterocycles. The summed E-state index contributed by atoms with van der Waals surface area (Å²) in [6.07, 6.45) is 0. The maximum Gasteiger partial charge on any atom is 0.329 e. The van der Waals surface area contributed by atoms with Gasteiger partial charge in [-0.05, 0) is 6.92 Å². The smallest absolute Gasteiger partial charge is 0.329 e. The predicted molar refractivity (Wildman–Crippen MR) is 48.0 cm³/mol. The third-order valence-electron chi connectivity index (χ3n) is 1.86. The highest BCUT2D eigenvalue weighted by molar-refractivity contribution is 6.30. The average molecular weight is 225 g/mol. The number of alkyl halides is 1. The van der Waals surface area contributed by atoms with Crippen LogP contribution in [-0.4, -0.2) is 48.7 Å². The molecule has 1 unspecified atom stereocenters. The summed E-state index contributed by atoms with van der Waals surface area (Å²) in [5.74, 6) is -1.77. The first kappa shape index (κ1) is 11.7. The molecular formula is C8H13ClO5. The summed E-state index contributed by atoms with van der Waals surface area (Å²) in [6.45, 7) is 2.10. The molecule has 0 aromatic heterocycles. The molecule has 0 aromatic carbocycles. The van der Waals surface area contributed by atoms with Crippen LogP contribution in [0.2, 0.25) is 0 Å².